The summed E-state index contributed by atoms with van der Waals surface area (Å²) in [4.78, 5) is 15.9. The number of ether oxygens (including phenoxy) is 1. The van der Waals surface area contributed by atoms with Crippen LogP contribution >= 0.6 is 0 Å². The third kappa shape index (κ3) is 2.11. The predicted molar refractivity (Wildman–Crippen MR) is 61.4 cm³/mol. The molecular weight excluding hydrogens is 206 g/mol. The van der Waals surface area contributed by atoms with E-state index in [1.54, 1.807) is 13.4 Å². The molecule has 0 amide bonds. The number of fused-ring (bicyclic) bond motifs is 1. The van der Waals surface area contributed by atoms with E-state index in [2.05, 4.69) is 25.3 Å². The van der Waals surface area contributed by atoms with Gasteiger partial charge in [0.25, 0.3) is 0 Å². The lowest BCUT2D eigenvalue weighted by Crippen LogP contribution is -2.10. The number of hydrogen-bond acceptors (Lipinski definition) is 5. The number of aromatic nitrogens is 4. The molecule has 2 aromatic heterocycles. The zero-order chi connectivity index (χ0) is 11.4. The lowest BCUT2D eigenvalue weighted by molar-refractivity contribution is 0.210. The van der Waals surface area contributed by atoms with Crippen LogP contribution in [0.5, 0.6) is 0 Å². The number of anilines is 1. The molecule has 2 N–H and O–H groups in total. The third-order valence-electron chi connectivity index (χ3n) is 2.25. The number of nitrogens with one attached hydrogen (secondary N) is 2. The first-order chi connectivity index (χ1) is 7.85. The molecule has 0 aliphatic heterocycles. The van der Waals surface area contributed by atoms with Crippen LogP contribution in [-0.4, -0.2) is 40.2 Å². The molecule has 0 aliphatic rings. The normalized spacial score (nSPS) is 10.9. The molecular formula is C10H15N5O. The number of rotatable bonds is 5. The maximum absolute atomic E-state index is 4.98. The number of aromatic amines is 1. The Bertz CT molecular complexity index is 467. The van der Waals surface area contributed by atoms with Gasteiger partial charge in [-0.15, -0.1) is 0 Å². The molecule has 2 heterocycles. The van der Waals surface area contributed by atoms with Crippen LogP contribution < -0.4 is 5.32 Å². The van der Waals surface area contributed by atoms with Crippen molar-refractivity contribution < 1.29 is 4.74 Å². The van der Waals surface area contributed by atoms with Gasteiger partial charge in [0.05, 0.1) is 12.9 Å². The molecule has 0 aromatic carbocycles. The second-order valence-corrected chi connectivity index (χ2v) is 3.36. The maximum Gasteiger partial charge on any atom is 0.183 e. The second kappa shape index (κ2) is 4.89. The standard InChI is InChI=1S/C10H15N5O/c1-3-7-14-9(11-4-5-16-2)8-10(15-7)13-6-12-8/h6H,3-5H2,1-2H3,(H2,11,12,13,14,15). The Balaban J connectivity index is 2.29. The molecule has 2 rings (SSSR count). The Hall–Kier alpha value is -1.69. The van der Waals surface area contributed by atoms with Crippen LogP contribution in [0.15, 0.2) is 6.33 Å². The topological polar surface area (TPSA) is 75.7 Å². The summed E-state index contributed by atoms with van der Waals surface area (Å²) < 4.78 is 4.98. The van der Waals surface area contributed by atoms with Crippen molar-refractivity contribution in [2.75, 3.05) is 25.6 Å². The number of nitrogens with zero attached hydrogens (tertiary/aromatic N) is 3. The van der Waals surface area contributed by atoms with Gasteiger partial charge in [0.15, 0.2) is 11.5 Å². The summed E-state index contributed by atoms with van der Waals surface area (Å²) in [5, 5.41) is 3.20. The quantitative estimate of drug-likeness (QED) is 0.736. The Kier molecular flexibility index (Phi) is 3.31. The summed E-state index contributed by atoms with van der Waals surface area (Å²) in [5.74, 6) is 1.58. The van der Waals surface area contributed by atoms with Crippen LogP contribution in [0.2, 0.25) is 0 Å². The molecule has 0 atom stereocenters. The number of methoxy groups -OCH3 is 1. The first-order valence-corrected chi connectivity index (χ1v) is 5.28. The van der Waals surface area contributed by atoms with Crippen molar-refractivity contribution in [3.05, 3.63) is 12.2 Å². The fraction of sp³-hybridized carbons (Fsp3) is 0.500. The number of H-pyrrole nitrogens is 1. The largest absolute Gasteiger partial charge is 0.383 e. The van der Waals surface area contributed by atoms with E-state index < -0.39 is 0 Å². The number of imidazole rings is 1. The molecule has 2 aromatic rings. The fourth-order valence-corrected chi connectivity index (χ4v) is 1.44. The molecule has 86 valence electrons. The Morgan fingerprint density at radius 2 is 2.31 bits per heavy atom. The summed E-state index contributed by atoms with van der Waals surface area (Å²) in [6.07, 6.45) is 2.42. The molecule has 16 heavy (non-hydrogen) atoms. The summed E-state index contributed by atoms with van der Waals surface area (Å²) >= 11 is 0. The van der Waals surface area contributed by atoms with Gasteiger partial charge in [-0.05, 0) is 0 Å². The van der Waals surface area contributed by atoms with E-state index in [-0.39, 0.29) is 0 Å². The van der Waals surface area contributed by atoms with Gasteiger partial charge in [0.1, 0.15) is 11.3 Å². The zero-order valence-corrected chi connectivity index (χ0v) is 9.45. The SMILES string of the molecule is CCc1nc(NCCOC)c2[nH]cnc2n1. The number of aryl methyl sites for hydroxylation is 1. The van der Waals surface area contributed by atoms with Crippen LogP contribution in [-0.2, 0) is 11.2 Å². The molecule has 0 radical (unpaired) electrons. The predicted octanol–water partition coefficient (Wildman–Crippen LogP) is 0.974. The molecule has 0 spiro atoms. The Morgan fingerprint density at radius 3 is 3.06 bits per heavy atom. The van der Waals surface area contributed by atoms with Crippen molar-refractivity contribution in [2.24, 2.45) is 0 Å². The van der Waals surface area contributed by atoms with E-state index in [0.717, 1.165) is 23.6 Å². The minimum Gasteiger partial charge on any atom is -0.383 e. The Labute approximate surface area is 93.5 Å². The molecule has 0 bridgehead atoms. The van der Waals surface area contributed by atoms with E-state index in [0.29, 0.717) is 18.8 Å². The third-order valence-corrected chi connectivity index (χ3v) is 2.25. The average Bonchev–Trinajstić information content (AvgIpc) is 2.77. The van der Waals surface area contributed by atoms with Gasteiger partial charge >= 0.3 is 0 Å². The van der Waals surface area contributed by atoms with Gasteiger partial charge in [-0.1, -0.05) is 6.92 Å². The molecule has 0 fully saturated rings. The highest BCUT2D eigenvalue weighted by Crippen LogP contribution is 2.16. The smallest absolute Gasteiger partial charge is 0.183 e. The van der Waals surface area contributed by atoms with Crippen molar-refractivity contribution in [1.82, 2.24) is 19.9 Å². The van der Waals surface area contributed by atoms with E-state index >= 15 is 0 Å². The molecule has 0 saturated heterocycles. The van der Waals surface area contributed by atoms with E-state index in [1.807, 2.05) is 6.92 Å². The first kappa shape index (κ1) is 10.8. The van der Waals surface area contributed by atoms with Crippen LogP contribution in [0, 0.1) is 0 Å². The highest BCUT2D eigenvalue weighted by molar-refractivity contribution is 5.82. The Morgan fingerprint density at radius 1 is 1.44 bits per heavy atom. The second-order valence-electron chi connectivity index (χ2n) is 3.36. The van der Waals surface area contributed by atoms with Crippen LogP contribution in [0.3, 0.4) is 0 Å². The summed E-state index contributed by atoms with van der Waals surface area (Å²) in [6, 6.07) is 0. The van der Waals surface area contributed by atoms with Crippen molar-refractivity contribution in [2.45, 2.75) is 13.3 Å². The van der Waals surface area contributed by atoms with Crippen molar-refractivity contribution >= 4 is 17.0 Å². The van der Waals surface area contributed by atoms with Gasteiger partial charge in [-0.2, -0.15) is 0 Å². The zero-order valence-electron chi connectivity index (χ0n) is 9.45. The van der Waals surface area contributed by atoms with Gasteiger partial charge in [0, 0.05) is 20.1 Å². The van der Waals surface area contributed by atoms with Crippen molar-refractivity contribution in [1.29, 1.82) is 0 Å². The monoisotopic (exact) mass is 221 g/mol. The van der Waals surface area contributed by atoms with E-state index in [1.165, 1.54) is 0 Å². The summed E-state index contributed by atoms with van der Waals surface area (Å²) in [6.45, 7) is 3.37. The molecule has 0 unspecified atom stereocenters. The molecule has 0 aliphatic carbocycles. The maximum atomic E-state index is 4.98. The average molecular weight is 221 g/mol. The fourth-order valence-electron chi connectivity index (χ4n) is 1.44. The van der Waals surface area contributed by atoms with Crippen LogP contribution in [0.4, 0.5) is 5.82 Å². The highest BCUT2D eigenvalue weighted by atomic mass is 16.5. The van der Waals surface area contributed by atoms with Crippen LogP contribution in [0.1, 0.15) is 12.7 Å². The molecule has 0 saturated carbocycles. The van der Waals surface area contributed by atoms with Crippen molar-refractivity contribution in [3.63, 3.8) is 0 Å². The van der Waals surface area contributed by atoms with Crippen molar-refractivity contribution in [3.8, 4) is 0 Å². The van der Waals surface area contributed by atoms with Gasteiger partial charge in [-0.25, -0.2) is 15.0 Å². The molecule has 6 heteroatoms. The minimum atomic E-state index is 0.640. The molecule has 6 nitrogen and oxygen atoms in total. The first-order valence-electron chi connectivity index (χ1n) is 5.28. The number of hydrogen-bond donors (Lipinski definition) is 2. The lowest BCUT2D eigenvalue weighted by Gasteiger charge is -2.06. The van der Waals surface area contributed by atoms with Gasteiger partial charge in [-0.3, -0.25) is 0 Å². The minimum absolute atomic E-state index is 0.640. The van der Waals surface area contributed by atoms with E-state index in [4.69, 9.17) is 4.74 Å². The summed E-state index contributed by atoms with van der Waals surface area (Å²) in [5.41, 5.74) is 1.54. The summed E-state index contributed by atoms with van der Waals surface area (Å²) in [7, 11) is 1.67. The highest BCUT2D eigenvalue weighted by Gasteiger charge is 2.08. The van der Waals surface area contributed by atoms with Gasteiger partial charge < -0.3 is 15.0 Å². The van der Waals surface area contributed by atoms with Crippen LogP contribution in [0.25, 0.3) is 11.2 Å². The van der Waals surface area contributed by atoms with Gasteiger partial charge in [0.2, 0.25) is 0 Å². The lowest BCUT2D eigenvalue weighted by atomic mass is 10.4. The van der Waals surface area contributed by atoms with E-state index in [9.17, 15) is 0 Å².